The fourth-order valence-corrected chi connectivity index (χ4v) is 1.89. The van der Waals surface area contributed by atoms with Gasteiger partial charge in [0.1, 0.15) is 0 Å². The van der Waals surface area contributed by atoms with Gasteiger partial charge in [-0.25, -0.2) is 0 Å². The number of nitrogens with zero attached hydrogens (tertiary/aromatic N) is 3. The maximum atomic E-state index is 5.87. The summed E-state index contributed by atoms with van der Waals surface area (Å²) in [4.78, 5) is 8.61. The minimum Gasteiger partial charge on any atom is -0.337 e. The molecular weight excluding hydrogens is 240 g/mol. The second kappa shape index (κ2) is 4.78. The molecule has 0 saturated carbocycles. The van der Waals surface area contributed by atoms with Crippen molar-refractivity contribution in [3.63, 3.8) is 0 Å². The van der Waals surface area contributed by atoms with Gasteiger partial charge in [-0.2, -0.15) is 4.98 Å². The number of hydrogen-bond donors (Lipinski definition) is 1. The molecule has 3 rings (SSSR count). The van der Waals surface area contributed by atoms with Crippen LogP contribution in [0.2, 0.25) is 0 Å². The van der Waals surface area contributed by atoms with Crippen molar-refractivity contribution in [2.24, 2.45) is 5.73 Å². The number of aromatic nitrogens is 3. The predicted molar refractivity (Wildman–Crippen MR) is 72.3 cm³/mol. The number of pyridine rings is 1. The molecule has 5 nitrogen and oxygen atoms in total. The molecule has 3 aromatic rings. The van der Waals surface area contributed by atoms with Crippen LogP contribution in [0, 0.1) is 0 Å². The SMILES string of the molecule is CC[C@H](N)c1nc(-c2ccc3ncccc3c2)no1. The van der Waals surface area contributed by atoms with E-state index in [4.69, 9.17) is 10.3 Å². The third kappa shape index (κ3) is 2.20. The highest BCUT2D eigenvalue weighted by Gasteiger charge is 2.14. The average Bonchev–Trinajstić information content (AvgIpc) is 2.95. The lowest BCUT2D eigenvalue weighted by atomic mass is 10.1. The smallest absolute Gasteiger partial charge is 0.243 e. The first-order chi connectivity index (χ1) is 9.28. The van der Waals surface area contributed by atoms with E-state index < -0.39 is 0 Å². The van der Waals surface area contributed by atoms with E-state index in [1.165, 1.54) is 0 Å². The molecule has 96 valence electrons. The van der Waals surface area contributed by atoms with Crippen LogP contribution in [0.4, 0.5) is 0 Å². The first-order valence-electron chi connectivity index (χ1n) is 6.22. The van der Waals surface area contributed by atoms with Crippen molar-refractivity contribution in [2.45, 2.75) is 19.4 Å². The number of fused-ring (bicyclic) bond motifs is 1. The Hall–Kier alpha value is -2.27. The minimum absolute atomic E-state index is 0.205. The molecule has 0 amide bonds. The third-order valence-electron chi connectivity index (χ3n) is 3.06. The lowest BCUT2D eigenvalue weighted by Gasteiger charge is -2.00. The highest BCUT2D eigenvalue weighted by Crippen LogP contribution is 2.22. The summed E-state index contributed by atoms with van der Waals surface area (Å²) >= 11 is 0. The van der Waals surface area contributed by atoms with Gasteiger partial charge in [-0.15, -0.1) is 0 Å². The number of hydrogen-bond acceptors (Lipinski definition) is 5. The summed E-state index contributed by atoms with van der Waals surface area (Å²) in [6.07, 6.45) is 2.54. The van der Waals surface area contributed by atoms with Gasteiger partial charge in [0, 0.05) is 17.1 Å². The van der Waals surface area contributed by atoms with Gasteiger partial charge in [0.15, 0.2) is 0 Å². The van der Waals surface area contributed by atoms with Gasteiger partial charge in [-0.1, -0.05) is 18.1 Å². The summed E-state index contributed by atoms with van der Waals surface area (Å²) in [5.74, 6) is 1.04. The maximum Gasteiger partial charge on any atom is 0.243 e. The molecule has 0 aliphatic carbocycles. The maximum absolute atomic E-state index is 5.87. The quantitative estimate of drug-likeness (QED) is 0.777. The van der Waals surface area contributed by atoms with Gasteiger partial charge in [-0.3, -0.25) is 4.98 Å². The zero-order valence-corrected chi connectivity index (χ0v) is 10.6. The van der Waals surface area contributed by atoms with Crippen LogP contribution in [0.15, 0.2) is 41.1 Å². The summed E-state index contributed by atoms with van der Waals surface area (Å²) in [5, 5.41) is 5.02. The van der Waals surface area contributed by atoms with E-state index >= 15 is 0 Å². The highest BCUT2D eigenvalue weighted by atomic mass is 16.5. The molecule has 1 atom stereocenters. The topological polar surface area (TPSA) is 77.8 Å². The van der Waals surface area contributed by atoms with E-state index in [0.29, 0.717) is 11.7 Å². The molecule has 5 heteroatoms. The van der Waals surface area contributed by atoms with Gasteiger partial charge >= 0.3 is 0 Å². The summed E-state index contributed by atoms with van der Waals surface area (Å²) in [6.45, 7) is 1.98. The van der Waals surface area contributed by atoms with E-state index in [-0.39, 0.29) is 6.04 Å². The van der Waals surface area contributed by atoms with Crippen LogP contribution in [0.3, 0.4) is 0 Å². The van der Waals surface area contributed by atoms with Crippen LogP contribution < -0.4 is 5.73 Å². The Bertz CT molecular complexity index is 707. The Morgan fingerprint density at radius 3 is 3.05 bits per heavy atom. The van der Waals surface area contributed by atoms with E-state index in [1.807, 2.05) is 37.3 Å². The van der Waals surface area contributed by atoms with Crippen molar-refractivity contribution in [1.29, 1.82) is 0 Å². The standard InChI is InChI=1S/C14H14N4O/c1-2-11(15)14-17-13(18-19-14)10-5-6-12-9(8-10)4-3-7-16-12/h3-8,11H,2,15H2,1H3/t11-/m0/s1. The molecule has 2 N–H and O–H groups in total. The molecule has 19 heavy (non-hydrogen) atoms. The first kappa shape index (κ1) is 11.8. The zero-order chi connectivity index (χ0) is 13.2. The molecule has 0 radical (unpaired) electrons. The van der Waals surface area contributed by atoms with E-state index in [9.17, 15) is 0 Å². The molecule has 0 aliphatic heterocycles. The van der Waals surface area contributed by atoms with Crippen molar-refractivity contribution in [3.8, 4) is 11.4 Å². The van der Waals surface area contributed by atoms with Gasteiger partial charge in [0.05, 0.1) is 11.6 Å². The Labute approximate surface area is 110 Å². The van der Waals surface area contributed by atoms with Crippen LogP contribution >= 0.6 is 0 Å². The summed E-state index contributed by atoms with van der Waals surface area (Å²) < 4.78 is 5.18. The lowest BCUT2D eigenvalue weighted by Crippen LogP contribution is -2.08. The lowest BCUT2D eigenvalue weighted by molar-refractivity contribution is 0.352. The number of rotatable bonds is 3. The summed E-state index contributed by atoms with van der Waals surface area (Å²) in [6, 6.07) is 9.57. The zero-order valence-electron chi connectivity index (χ0n) is 10.6. The average molecular weight is 254 g/mol. The molecule has 0 aliphatic rings. The van der Waals surface area contributed by atoms with E-state index in [0.717, 1.165) is 22.9 Å². The van der Waals surface area contributed by atoms with Crippen LogP contribution in [0.1, 0.15) is 25.3 Å². The minimum atomic E-state index is -0.205. The van der Waals surface area contributed by atoms with Gasteiger partial charge in [0.2, 0.25) is 11.7 Å². The second-order valence-corrected chi connectivity index (χ2v) is 4.38. The summed E-state index contributed by atoms with van der Waals surface area (Å²) in [7, 11) is 0. The van der Waals surface area contributed by atoms with Crippen molar-refractivity contribution in [1.82, 2.24) is 15.1 Å². The number of nitrogens with two attached hydrogens (primary N) is 1. The van der Waals surface area contributed by atoms with Crippen molar-refractivity contribution in [2.75, 3.05) is 0 Å². The van der Waals surface area contributed by atoms with Crippen molar-refractivity contribution >= 4 is 10.9 Å². The Morgan fingerprint density at radius 1 is 1.32 bits per heavy atom. The summed E-state index contributed by atoms with van der Waals surface area (Å²) in [5.41, 5.74) is 7.72. The first-order valence-corrected chi connectivity index (χ1v) is 6.22. The van der Waals surface area contributed by atoms with Crippen LogP contribution in [0.25, 0.3) is 22.3 Å². The Kier molecular flexibility index (Phi) is 2.97. The van der Waals surface area contributed by atoms with Crippen LogP contribution in [-0.4, -0.2) is 15.1 Å². The largest absolute Gasteiger partial charge is 0.337 e. The fourth-order valence-electron chi connectivity index (χ4n) is 1.89. The highest BCUT2D eigenvalue weighted by molar-refractivity contribution is 5.82. The molecule has 0 bridgehead atoms. The van der Waals surface area contributed by atoms with E-state index in [2.05, 4.69) is 15.1 Å². The van der Waals surface area contributed by atoms with Crippen LogP contribution in [-0.2, 0) is 0 Å². The predicted octanol–water partition coefficient (Wildman–Crippen LogP) is 2.69. The van der Waals surface area contributed by atoms with Gasteiger partial charge < -0.3 is 10.3 Å². The third-order valence-corrected chi connectivity index (χ3v) is 3.06. The molecule has 1 aromatic carbocycles. The molecule has 0 spiro atoms. The normalized spacial score (nSPS) is 12.7. The Morgan fingerprint density at radius 2 is 2.21 bits per heavy atom. The van der Waals surface area contributed by atoms with Crippen molar-refractivity contribution < 1.29 is 4.52 Å². The monoisotopic (exact) mass is 254 g/mol. The Balaban J connectivity index is 2.01. The molecule has 0 unspecified atom stereocenters. The van der Waals surface area contributed by atoms with Crippen molar-refractivity contribution in [3.05, 3.63) is 42.4 Å². The molecule has 0 saturated heterocycles. The van der Waals surface area contributed by atoms with Gasteiger partial charge in [0.25, 0.3) is 0 Å². The molecule has 2 aromatic heterocycles. The number of benzene rings is 1. The van der Waals surface area contributed by atoms with Gasteiger partial charge in [-0.05, 0) is 30.7 Å². The van der Waals surface area contributed by atoms with Crippen LogP contribution in [0.5, 0.6) is 0 Å². The fraction of sp³-hybridized carbons (Fsp3) is 0.214. The van der Waals surface area contributed by atoms with E-state index in [1.54, 1.807) is 6.20 Å². The second-order valence-electron chi connectivity index (χ2n) is 4.38. The molecule has 2 heterocycles. The molecule has 0 fully saturated rings. The molecular formula is C14H14N4O.